The van der Waals surface area contributed by atoms with E-state index in [-0.39, 0.29) is 15.7 Å². The van der Waals surface area contributed by atoms with Gasteiger partial charge in [-0.05, 0) is 11.6 Å². The predicted octanol–water partition coefficient (Wildman–Crippen LogP) is 4.57. The molecule has 86 valence electrons. The fourth-order valence-corrected chi connectivity index (χ4v) is 2.17. The van der Waals surface area contributed by atoms with Gasteiger partial charge in [-0.1, -0.05) is 59.6 Å². The van der Waals surface area contributed by atoms with Crippen molar-refractivity contribution in [1.82, 2.24) is 0 Å². The highest BCUT2D eigenvalue weighted by Gasteiger charge is 2.21. The lowest BCUT2D eigenvalue weighted by Gasteiger charge is -2.05. The molecule has 0 aliphatic carbocycles. The van der Waals surface area contributed by atoms with Crippen molar-refractivity contribution < 1.29 is 4.92 Å². The van der Waals surface area contributed by atoms with Crippen LogP contribution in [0.4, 0.5) is 5.69 Å². The van der Waals surface area contributed by atoms with Gasteiger partial charge < -0.3 is 0 Å². The van der Waals surface area contributed by atoms with Gasteiger partial charge in [0, 0.05) is 5.56 Å². The van der Waals surface area contributed by atoms with Crippen molar-refractivity contribution in [3.8, 4) is 11.1 Å². The minimum Gasteiger partial charge on any atom is -0.258 e. The van der Waals surface area contributed by atoms with Crippen LogP contribution in [0.3, 0.4) is 0 Å². The van der Waals surface area contributed by atoms with Crippen molar-refractivity contribution in [1.29, 1.82) is 0 Å². The Bertz CT molecular complexity index is 570. The van der Waals surface area contributed by atoms with E-state index in [1.165, 1.54) is 6.07 Å². The highest BCUT2D eigenvalue weighted by Crippen LogP contribution is 2.39. The maximum absolute atomic E-state index is 10.9. The number of rotatable bonds is 2. The Morgan fingerprint density at radius 3 is 2.24 bits per heavy atom. The van der Waals surface area contributed by atoms with E-state index < -0.39 is 4.92 Å². The van der Waals surface area contributed by atoms with Gasteiger partial charge in [0.05, 0.1) is 4.92 Å². The third-order valence-corrected chi connectivity index (χ3v) is 3.02. The lowest BCUT2D eigenvalue weighted by Crippen LogP contribution is -1.92. The summed E-state index contributed by atoms with van der Waals surface area (Å²) in [6.07, 6.45) is 0. The summed E-state index contributed by atoms with van der Waals surface area (Å²) in [5.74, 6) is 0. The van der Waals surface area contributed by atoms with Crippen LogP contribution in [0.25, 0.3) is 11.1 Å². The molecule has 0 saturated heterocycles. The quantitative estimate of drug-likeness (QED) is 0.591. The molecule has 0 amide bonds. The van der Waals surface area contributed by atoms with E-state index in [4.69, 9.17) is 23.2 Å². The maximum atomic E-state index is 10.9. The van der Waals surface area contributed by atoms with Crippen LogP contribution in [0.2, 0.25) is 10.0 Å². The molecule has 0 aliphatic heterocycles. The second-order valence-electron chi connectivity index (χ2n) is 3.38. The van der Waals surface area contributed by atoms with Crippen molar-refractivity contribution in [3.05, 3.63) is 62.6 Å². The molecule has 2 aromatic rings. The van der Waals surface area contributed by atoms with Crippen LogP contribution in [-0.2, 0) is 0 Å². The van der Waals surface area contributed by atoms with Gasteiger partial charge in [-0.15, -0.1) is 0 Å². The second kappa shape index (κ2) is 4.73. The summed E-state index contributed by atoms with van der Waals surface area (Å²) >= 11 is 11.8. The third-order valence-electron chi connectivity index (χ3n) is 2.33. The molecule has 5 heteroatoms. The fourth-order valence-electron chi connectivity index (χ4n) is 1.55. The molecule has 3 nitrogen and oxygen atoms in total. The molecule has 0 bridgehead atoms. The summed E-state index contributed by atoms with van der Waals surface area (Å²) in [5, 5.41) is 11.0. The lowest BCUT2D eigenvalue weighted by atomic mass is 10.1. The van der Waals surface area contributed by atoms with Crippen LogP contribution >= 0.6 is 23.2 Å². The summed E-state index contributed by atoms with van der Waals surface area (Å²) in [6.45, 7) is 0. The number of benzene rings is 2. The summed E-state index contributed by atoms with van der Waals surface area (Å²) in [5.41, 5.74) is 1.16. The van der Waals surface area contributed by atoms with E-state index >= 15 is 0 Å². The predicted molar refractivity (Wildman–Crippen MR) is 68.6 cm³/mol. The van der Waals surface area contributed by atoms with Crippen molar-refractivity contribution in [2.75, 3.05) is 0 Å². The highest BCUT2D eigenvalue weighted by atomic mass is 35.5. The molecule has 2 rings (SSSR count). The van der Waals surface area contributed by atoms with Gasteiger partial charge in [-0.2, -0.15) is 0 Å². The molecule has 0 fully saturated rings. The summed E-state index contributed by atoms with van der Waals surface area (Å²) in [4.78, 5) is 10.3. The monoisotopic (exact) mass is 267 g/mol. The van der Waals surface area contributed by atoms with Gasteiger partial charge in [0.1, 0.15) is 10.0 Å². The number of nitro benzene ring substituents is 1. The Hall–Kier alpha value is -1.58. The number of nitro groups is 1. The average molecular weight is 268 g/mol. The molecule has 0 atom stereocenters. The van der Waals surface area contributed by atoms with Crippen molar-refractivity contribution in [2.24, 2.45) is 0 Å². The molecule has 0 N–H and O–H groups in total. The van der Waals surface area contributed by atoms with E-state index in [9.17, 15) is 10.1 Å². The molecule has 0 heterocycles. The van der Waals surface area contributed by atoms with Gasteiger partial charge in [0.15, 0.2) is 0 Å². The highest BCUT2D eigenvalue weighted by molar-refractivity contribution is 6.40. The molecule has 2 aromatic carbocycles. The molecule has 0 aromatic heterocycles. The van der Waals surface area contributed by atoms with E-state index in [0.29, 0.717) is 5.56 Å². The number of hydrogen-bond donors (Lipinski definition) is 0. The van der Waals surface area contributed by atoms with E-state index in [1.807, 2.05) is 30.3 Å². The first-order valence-electron chi connectivity index (χ1n) is 4.79. The standard InChI is InChI=1S/C12H7Cl2NO2/c13-10-7-6-9(8-4-2-1-3-5-8)11(14)12(10)15(16)17/h1-7H. The van der Waals surface area contributed by atoms with Crippen molar-refractivity contribution in [3.63, 3.8) is 0 Å². The molecule has 0 spiro atoms. The van der Waals surface area contributed by atoms with E-state index in [0.717, 1.165) is 5.56 Å². The fraction of sp³-hybridized carbons (Fsp3) is 0. The van der Waals surface area contributed by atoms with Crippen LogP contribution in [-0.4, -0.2) is 4.92 Å². The average Bonchev–Trinajstić information content (AvgIpc) is 2.30. The lowest BCUT2D eigenvalue weighted by molar-refractivity contribution is -0.384. The Balaban J connectivity index is 2.66. The molecule has 17 heavy (non-hydrogen) atoms. The number of hydrogen-bond acceptors (Lipinski definition) is 2. The molecular weight excluding hydrogens is 261 g/mol. The van der Waals surface area contributed by atoms with Gasteiger partial charge >= 0.3 is 5.69 Å². The first-order valence-corrected chi connectivity index (χ1v) is 5.54. The topological polar surface area (TPSA) is 43.1 Å². The first-order chi connectivity index (χ1) is 8.11. The zero-order chi connectivity index (χ0) is 12.4. The Kier molecular flexibility index (Phi) is 3.31. The van der Waals surface area contributed by atoms with Gasteiger partial charge in [0.2, 0.25) is 0 Å². The van der Waals surface area contributed by atoms with Gasteiger partial charge in [0.25, 0.3) is 0 Å². The molecule has 0 radical (unpaired) electrons. The third kappa shape index (κ3) is 2.25. The SMILES string of the molecule is O=[N+]([O-])c1c(Cl)ccc(-c2ccccc2)c1Cl. The zero-order valence-corrected chi connectivity index (χ0v) is 10.1. The normalized spacial score (nSPS) is 10.2. The Morgan fingerprint density at radius 2 is 1.65 bits per heavy atom. The van der Waals surface area contributed by atoms with Crippen molar-refractivity contribution >= 4 is 28.9 Å². The molecule has 0 saturated carbocycles. The van der Waals surface area contributed by atoms with Crippen LogP contribution in [0.15, 0.2) is 42.5 Å². The first kappa shape index (κ1) is 11.9. The Morgan fingerprint density at radius 1 is 1.00 bits per heavy atom. The summed E-state index contributed by atoms with van der Waals surface area (Å²) in [6, 6.07) is 12.4. The molecular formula is C12H7Cl2NO2. The van der Waals surface area contributed by atoms with Crippen LogP contribution < -0.4 is 0 Å². The molecule has 0 aliphatic rings. The van der Waals surface area contributed by atoms with E-state index in [2.05, 4.69) is 0 Å². The minimum atomic E-state index is -0.572. The zero-order valence-electron chi connectivity index (χ0n) is 8.56. The van der Waals surface area contributed by atoms with Gasteiger partial charge in [-0.3, -0.25) is 10.1 Å². The van der Waals surface area contributed by atoms with Crippen LogP contribution in [0, 0.1) is 10.1 Å². The molecule has 0 unspecified atom stereocenters. The summed E-state index contributed by atoms with van der Waals surface area (Å²) < 4.78 is 0. The maximum Gasteiger partial charge on any atom is 0.306 e. The van der Waals surface area contributed by atoms with Gasteiger partial charge in [-0.25, -0.2) is 0 Å². The van der Waals surface area contributed by atoms with Crippen LogP contribution in [0.1, 0.15) is 0 Å². The Labute approximate surface area is 108 Å². The van der Waals surface area contributed by atoms with Crippen molar-refractivity contribution in [2.45, 2.75) is 0 Å². The minimum absolute atomic E-state index is 0.0414. The summed E-state index contributed by atoms with van der Waals surface area (Å²) in [7, 11) is 0. The largest absolute Gasteiger partial charge is 0.306 e. The van der Waals surface area contributed by atoms with E-state index in [1.54, 1.807) is 6.07 Å². The number of nitrogens with zero attached hydrogens (tertiary/aromatic N) is 1. The van der Waals surface area contributed by atoms with Crippen LogP contribution in [0.5, 0.6) is 0 Å². The number of halogens is 2. The smallest absolute Gasteiger partial charge is 0.258 e. The second-order valence-corrected chi connectivity index (χ2v) is 4.17.